The average molecular weight is 272 g/mol. The second-order valence-electron chi connectivity index (χ2n) is 4.36. The second-order valence-corrected chi connectivity index (χ2v) is 4.73. The van der Waals surface area contributed by atoms with E-state index in [1.165, 1.54) is 12.8 Å². The molecule has 4 nitrogen and oxygen atoms in total. The first-order chi connectivity index (χ1) is 8.69. The average Bonchev–Trinajstić information content (AvgIpc) is 2.36. The van der Waals surface area contributed by atoms with Crippen LogP contribution >= 0.6 is 11.6 Å². The summed E-state index contributed by atoms with van der Waals surface area (Å²) in [5.41, 5.74) is 0. The van der Waals surface area contributed by atoms with E-state index in [9.17, 15) is 0 Å². The number of ether oxygens (including phenoxy) is 1. The number of methoxy groups -OCH3 is 1. The van der Waals surface area contributed by atoms with Crippen molar-refractivity contribution >= 4 is 17.4 Å². The molecule has 102 valence electrons. The lowest BCUT2D eigenvalue weighted by Gasteiger charge is -2.16. The Balaban J connectivity index is 2.57. The number of anilines is 1. The number of nitrogens with one attached hydrogen (secondary N) is 1. The maximum atomic E-state index is 5.81. The fraction of sp³-hybridized carbons (Fsp3) is 0.692. The number of halogens is 1. The predicted molar refractivity (Wildman–Crippen MR) is 75.5 cm³/mol. The Labute approximate surface area is 114 Å². The molecule has 18 heavy (non-hydrogen) atoms. The van der Waals surface area contributed by atoms with Gasteiger partial charge in [0.25, 0.3) is 0 Å². The Bertz CT molecular complexity index is 354. The van der Waals surface area contributed by atoms with E-state index in [1.807, 2.05) is 13.0 Å². The molecule has 0 spiro atoms. The molecule has 0 aromatic carbocycles. The third-order valence-corrected chi connectivity index (χ3v) is 3.03. The van der Waals surface area contributed by atoms with Gasteiger partial charge in [-0.15, -0.1) is 11.6 Å². The van der Waals surface area contributed by atoms with E-state index in [4.69, 9.17) is 16.3 Å². The Morgan fingerprint density at radius 1 is 1.39 bits per heavy atom. The van der Waals surface area contributed by atoms with Gasteiger partial charge >= 0.3 is 0 Å². The summed E-state index contributed by atoms with van der Waals surface area (Å²) in [6, 6.07) is 1.82. The third-order valence-electron chi connectivity index (χ3n) is 2.81. The molecule has 0 amide bonds. The molecule has 0 aliphatic heterocycles. The van der Waals surface area contributed by atoms with Crippen LogP contribution in [0, 0.1) is 12.8 Å². The van der Waals surface area contributed by atoms with Crippen molar-refractivity contribution in [3.05, 3.63) is 11.9 Å². The summed E-state index contributed by atoms with van der Waals surface area (Å²) < 4.78 is 5.13. The highest BCUT2D eigenvalue weighted by atomic mass is 35.5. The minimum Gasteiger partial charge on any atom is -0.481 e. The van der Waals surface area contributed by atoms with E-state index < -0.39 is 0 Å². The molecule has 1 unspecified atom stereocenters. The number of alkyl halides is 1. The molecule has 1 atom stereocenters. The van der Waals surface area contributed by atoms with Crippen molar-refractivity contribution in [1.82, 2.24) is 9.97 Å². The molecule has 0 aliphatic rings. The number of aryl methyl sites for hydroxylation is 1. The highest BCUT2D eigenvalue weighted by molar-refractivity contribution is 6.17. The topological polar surface area (TPSA) is 47.0 Å². The van der Waals surface area contributed by atoms with Gasteiger partial charge in [0.1, 0.15) is 11.6 Å². The number of aromatic nitrogens is 2. The SMILES string of the molecule is CCCC(CCCl)CNc1cc(OC)nc(C)n1. The molecule has 1 aromatic heterocycles. The first-order valence-electron chi connectivity index (χ1n) is 6.39. The molecule has 1 heterocycles. The fourth-order valence-electron chi connectivity index (χ4n) is 1.90. The molecule has 0 bridgehead atoms. The van der Waals surface area contributed by atoms with Crippen molar-refractivity contribution < 1.29 is 4.74 Å². The predicted octanol–water partition coefficient (Wildman–Crippen LogP) is 3.25. The van der Waals surface area contributed by atoms with Gasteiger partial charge in [0, 0.05) is 18.5 Å². The number of hydrogen-bond acceptors (Lipinski definition) is 4. The minimum absolute atomic E-state index is 0.591. The van der Waals surface area contributed by atoms with Crippen LogP contribution in [-0.4, -0.2) is 29.5 Å². The minimum atomic E-state index is 0.591. The highest BCUT2D eigenvalue weighted by Crippen LogP contribution is 2.16. The molecule has 0 fully saturated rings. The lowest BCUT2D eigenvalue weighted by atomic mass is 10.0. The van der Waals surface area contributed by atoms with Crippen molar-refractivity contribution in [1.29, 1.82) is 0 Å². The number of nitrogens with zero attached hydrogens (tertiary/aromatic N) is 2. The largest absolute Gasteiger partial charge is 0.481 e. The van der Waals surface area contributed by atoms with Crippen molar-refractivity contribution in [3.63, 3.8) is 0 Å². The lowest BCUT2D eigenvalue weighted by Crippen LogP contribution is -2.16. The molecule has 1 rings (SSSR count). The van der Waals surface area contributed by atoms with E-state index in [2.05, 4.69) is 22.2 Å². The maximum Gasteiger partial charge on any atom is 0.218 e. The van der Waals surface area contributed by atoms with Crippen LogP contribution in [0.5, 0.6) is 5.88 Å². The molecule has 0 saturated carbocycles. The van der Waals surface area contributed by atoms with Crippen LogP contribution in [0.4, 0.5) is 5.82 Å². The summed E-state index contributed by atoms with van der Waals surface area (Å²) in [5.74, 6) is 3.41. The standard InChI is InChI=1S/C13H22ClN3O/c1-4-5-11(6-7-14)9-15-12-8-13(18-3)17-10(2)16-12/h8,11H,4-7,9H2,1-3H3,(H,15,16,17). The van der Waals surface area contributed by atoms with E-state index in [1.54, 1.807) is 7.11 Å². The Hall–Kier alpha value is -1.03. The summed E-state index contributed by atoms with van der Waals surface area (Å²) in [4.78, 5) is 8.50. The molecule has 1 aromatic rings. The zero-order valence-electron chi connectivity index (χ0n) is 11.4. The van der Waals surface area contributed by atoms with Crippen LogP contribution in [0.15, 0.2) is 6.07 Å². The van der Waals surface area contributed by atoms with Gasteiger partial charge in [0.15, 0.2) is 0 Å². The summed E-state index contributed by atoms with van der Waals surface area (Å²) in [5, 5.41) is 3.34. The van der Waals surface area contributed by atoms with E-state index in [-0.39, 0.29) is 0 Å². The van der Waals surface area contributed by atoms with Gasteiger partial charge < -0.3 is 10.1 Å². The first-order valence-corrected chi connectivity index (χ1v) is 6.92. The van der Waals surface area contributed by atoms with Crippen LogP contribution in [-0.2, 0) is 0 Å². The summed E-state index contributed by atoms with van der Waals surface area (Å²) in [7, 11) is 1.61. The van der Waals surface area contributed by atoms with E-state index >= 15 is 0 Å². The zero-order chi connectivity index (χ0) is 13.4. The molecule has 1 N–H and O–H groups in total. The van der Waals surface area contributed by atoms with Crippen LogP contribution in [0.1, 0.15) is 32.0 Å². The smallest absolute Gasteiger partial charge is 0.218 e. The van der Waals surface area contributed by atoms with Gasteiger partial charge in [-0.3, -0.25) is 0 Å². The summed E-state index contributed by atoms with van der Waals surface area (Å²) >= 11 is 5.81. The summed E-state index contributed by atoms with van der Waals surface area (Å²) in [6.07, 6.45) is 3.39. The normalized spacial score (nSPS) is 12.2. The van der Waals surface area contributed by atoms with E-state index in [0.717, 1.165) is 18.8 Å². The third kappa shape index (κ3) is 5.08. The van der Waals surface area contributed by atoms with Crippen molar-refractivity contribution in [2.24, 2.45) is 5.92 Å². The van der Waals surface area contributed by atoms with Crippen LogP contribution < -0.4 is 10.1 Å². The Morgan fingerprint density at radius 3 is 2.78 bits per heavy atom. The van der Waals surface area contributed by atoms with Crippen LogP contribution in [0.3, 0.4) is 0 Å². The molecular weight excluding hydrogens is 250 g/mol. The molecule has 0 aliphatic carbocycles. The van der Waals surface area contributed by atoms with Gasteiger partial charge in [-0.2, -0.15) is 4.98 Å². The zero-order valence-corrected chi connectivity index (χ0v) is 12.1. The first kappa shape index (κ1) is 15.0. The van der Waals surface area contributed by atoms with Crippen LogP contribution in [0.25, 0.3) is 0 Å². The molecule has 0 saturated heterocycles. The van der Waals surface area contributed by atoms with Gasteiger partial charge in [-0.25, -0.2) is 4.98 Å². The molecular formula is C13H22ClN3O. The fourth-order valence-corrected chi connectivity index (χ4v) is 2.20. The van der Waals surface area contributed by atoms with Crippen molar-refractivity contribution in [2.75, 3.05) is 24.9 Å². The van der Waals surface area contributed by atoms with Crippen molar-refractivity contribution in [3.8, 4) is 5.88 Å². The quantitative estimate of drug-likeness (QED) is 0.738. The maximum absolute atomic E-state index is 5.81. The van der Waals surface area contributed by atoms with Gasteiger partial charge in [-0.1, -0.05) is 13.3 Å². The number of rotatable bonds is 8. The lowest BCUT2D eigenvalue weighted by molar-refractivity contribution is 0.395. The van der Waals surface area contributed by atoms with Gasteiger partial charge in [0.05, 0.1) is 7.11 Å². The van der Waals surface area contributed by atoms with Gasteiger partial charge in [0.2, 0.25) is 5.88 Å². The second kappa shape index (κ2) is 8.14. The Morgan fingerprint density at radius 2 is 2.17 bits per heavy atom. The number of hydrogen-bond donors (Lipinski definition) is 1. The van der Waals surface area contributed by atoms with Crippen molar-refractivity contribution in [2.45, 2.75) is 33.1 Å². The van der Waals surface area contributed by atoms with E-state index in [0.29, 0.717) is 23.5 Å². The highest BCUT2D eigenvalue weighted by Gasteiger charge is 2.08. The molecule has 5 heteroatoms. The van der Waals surface area contributed by atoms with Gasteiger partial charge in [-0.05, 0) is 25.7 Å². The summed E-state index contributed by atoms with van der Waals surface area (Å²) in [6.45, 7) is 4.94. The van der Waals surface area contributed by atoms with Crippen LogP contribution in [0.2, 0.25) is 0 Å². The molecule has 0 radical (unpaired) electrons. The Kier molecular flexibility index (Phi) is 6.80. The monoisotopic (exact) mass is 271 g/mol.